The fraction of sp³-hybridized carbons (Fsp3) is 0.200. The number of carbonyl (C=O) groups excluding carboxylic acids is 1. The third-order valence-corrected chi connectivity index (χ3v) is 8.10. The second-order valence-electron chi connectivity index (χ2n) is 9.01. The number of nitrogens with zero attached hydrogens (tertiary/aromatic N) is 2. The van der Waals surface area contributed by atoms with Crippen molar-refractivity contribution in [2.24, 2.45) is 0 Å². The fourth-order valence-electron chi connectivity index (χ4n) is 4.13. The van der Waals surface area contributed by atoms with Gasteiger partial charge in [0.15, 0.2) is 0 Å². The molecule has 5 aromatic rings. The molecule has 40 heavy (non-hydrogen) atoms. The van der Waals surface area contributed by atoms with Crippen LogP contribution in [0.5, 0.6) is 5.75 Å². The number of benzene rings is 2. The van der Waals surface area contributed by atoms with E-state index in [0.29, 0.717) is 36.8 Å². The highest BCUT2D eigenvalue weighted by Crippen LogP contribution is 2.28. The lowest BCUT2D eigenvalue weighted by atomic mass is 10.0. The second-order valence-corrected chi connectivity index (χ2v) is 10.8. The molecule has 0 fully saturated rings. The number of aryl methyl sites for hydroxylation is 2. The second kappa shape index (κ2) is 12.7. The van der Waals surface area contributed by atoms with Gasteiger partial charge in [0, 0.05) is 30.3 Å². The van der Waals surface area contributed by atoms with Crippen molar-refractivity contribution >= 4 is 34.6 Å². The van der Waals surface area contributed by atoms with Crippen molar-refractivity contribution in [3.8, 4) is 27.1 Å². The Hall–Kier alpha value is -4.28. The van der Waals surface area contributed by atoms with Crippen LogP contribution < -0.4 is 10.1 Å². The lowest BCUT2D eigenvalue weighted by molar-refractivity contribution is -0.136. The van der Waals surface area contributed by atoms with E-state index in [1.165, 1.54) is 11.3 Å². The van der Waals surface area contributed by atoms with Crippen LogP contribution in [0.1, 0.15) is 39.5 Å². The molecule has 2 N–H and O–H groups in total. The molecule has 1 amide bonds. The number of amides is 1. The van der Waals surface area contributed by atoms with Crippen LogP contribution >= 0.6 is 22.7 Å². The van der Waals surface area contributed by atoms with Crippen molar-refractivity contribution in [3.05, 3.63) is 99.7 Å². The van der Waals surface area contributed by atoms with Gasteiger partial charge in [-0.15, -0.1) is 22.7 Å². The highest BCUT2D eigenvalue weighted by atomic mass is 32.1. The normalized spacial score (nSPS) is 10.9. The Bertz CT molecular complexity index is 1590. The molecule has 0 radical (unpaired) electrons. The molecule has 204 valence electrons. The summed E-state index contributed by atoms with van der Waals surface area (Å²) in [6.07, 6.45) is 0.901. The van der Waals surface area contributed by atoms with Gasteiger partial charge >= 0.3 is 5.97 Å². The topological polar surface area (TPSA) is 115 Å². The first-order valence-corrected chi connectivity index (χ1v) is 14.5. The first kappa shape index (κ1) is 27.3. The van der Waals surface area contributed by atoms with Crippen LogP contribution in [0, 0.1) is 6.92 Å². The van der Waals surface area contributed by atoms with E-state index in [9.17, 15) is 14.7 Å². The average molecular weight is 574 g/mol. The lowest BCUT2D eigenvalue weighted by Gasteiger charge is -2.13. The molecule has 0 bridgehead atoms. The first-order chi connectivity index (χ1) is 19.5. The molecule has 10 heteroatoms. The van der Waals surface area contributed by atoms with Crippen molar-refractivity contribution in [3.63, 3.8) is 0 Å². The smallest absolute Gasteiger partial charge is 0.303 e. The van der Waals surface area contributed by atoms with Crippen molar-refractivity contribution in [1.29, 1.82) is 0 Å². The molecule has 0 aliphatic heterocycles. The molecule has 0 aliphatic rings. The molecular weight excluding hydrogens is 546 g/mol. The van der Waals surface area contributed by atoms with Gasteiger partial charge in [-0.3, -0.25) is 9.59 Å². The molecule has 0 unspecified atom stereocenters. The molecule has 3 heterocycles. The number of ether oxygens (including phenoxy) is 1. The van der Waals surface area contributed by atoms with Gasteiger partial charge in [0.25, 0.3) is 5.91 Å². The van der Waals surface area contributed by atoms with Gasteiger partial charge in [0.05, 0.1) is 17.2 Å². The van der Waals surface area contributed by atoms with E-state index in [0.717, 1.165) is 38.0 Å². The van der Waals surface area contributed by atoms with Crippen LogP contribution in [0.15, 0.2) is 75.8 Å². The summed E-state index contributed by atoms with van der Waals surface area (Å²) in [6.45, 7) is 2.49. The molecule has 0 saturated heterocycles. The van der Waals surface area contributed by atoms with Gasteiger partial charge in [-0.2, -0.15) is 0 Å². The molecule has 0 saturated carbocycles. The van der Waals surface area contributed by atoms with Gasteiger partial charge in [0.1, 0.15) is 22.2 Å². The maximum Gasteiger partial charge on any atom is 0.303 e. The zero-order chi connectivity index (χ0) is 27.9. The number of hydrogen-bond donors (Lipinski definition) is 2. The summed E-state index contributed by atoms with van der Waals surface area (Å²) in [5.74, 6) is 0.791. The van der Waals surface area contributed by atoms with E-state index >= 15 is 0 Å². The summed E-state index contributed by atoms with van der Waals surface area (Å²) < 4.78 is 11.9. The Kier molecular flexibility index (Phi) is 8.68. The monoisotopic (exact) mass is 573 g/mol. The minimum absolute atomic E-state index is 0.00735. The lowest BCUT2D eigenvalue weighted by Crippen LogP contribution is -2.24. The Labute approximate surface area is 239 Å². The summed E-state index contributed by atoms with van der Waals surface area (Å²) in [5.41, 5.74) is 3.74. The zero-order valence-electron chi connectivity index (χ0n) is 21.8. The predicted octanol–water partition coefficient (Wildman–Crippen LogP) is 6.40. The molecule has 0 aliphatic carbocycles. The Morgan fingerprint density at radius 1 is 1.00 bits per heavy atom. The summed E-state index contributed by atoms with van der Waals surface area (Å²) in [7, 11) is 0. The minimum Gasteiger partial charge on any atom is -0.493 e. The van der Waals surface area contributed by atoms with E-state index in [1.807, 2.05) is 73.0 Å². The van der Waals surface area contributed by atoms with Crippen LogP contribution in [-0.2, 0) is 24.2 Å². The quantitative estimate of drug-likeness (QED) is 0.177. The number of thiophene rings is 1. The maximum absolute atomic E-state index is 12.8. The van der Waals surface area contributed by atoms with Crippen molar-refractivity contribution in [2.45, 2.75) is 32.7 Å². The van der Waals surface area contributed by atoms with Gasteiger partial charge < -0.3 is 19.6 Å². The maximum atomic E-state index is 12.8. The number of oxazole rings is 1. The average Bonchev–Trinajstić information content (AvgIpc) is 3.73. The van der Waals surface area contributed by atoms with E-state index in [2.05, 4.69) is 15.3 Å². The molecular formula is C30H27N3O5S2. The van der Waals surface area contributed by atoms with Gasteiger partial charge in [0.2, 0.25) is 5.89 Å². The highest BCUT2D eigenvalue weighted by molar-refractivity contribution is 7.20. The summed E-state index contributed by atoms with van der Waals surface area (Å²) >= 11 is 3.00. The third kappa shape index (κ3) is 6.83. The van der Waals surface area contributed by atoms with Crippen LogP contribution in [0.3, 0.4) is 0 Å². The fourth-order valence-corrected chi connectivity index (χ4v) is 5.74. The number of carboxylic acid groups (broad SMARTS) is 1. The number of aromatic nitrogens is 2. The minimum atomic E-state index is -0.878. The van der Waals surface area contributed by atoms with Gasteiger partial charge in [-0.1, -0.05) is 30.3 Å². The molecule has 2 aromatic carbocycles. The van der Waals surface area contributed by atoms with Gasteiger partial charge in [-0.05, 0) is 60.2 Å². The van der Waals surface area contributed by atoms with E-state index in [-0.39, 0.29) is 18.9 Å². The van der Waals surface area contributed by atoms with E-state index in [4.69, 9.17) is 9.15 Å². The number of nitrogens with one attached hydrogen (secondary N) is 1. The van der Waals surface area contributed by atoms with Crippen molar-refractivity contribution in [1.82, 2.24) is 15.3 Å². The summed E-state index contributed by atoms with van der Waals surface area (Å²) in [5, 5.41) is 16.6. The van der Waals surface area contributed by atoms with Crippen molar-refractivity contribution < 1.29 is 23.8 Å². The summed E-state index contributed by atoms with van der Waals surface area (Å²) in [4.78, 5) is 34.1. The number of thiazole rings is 1. The molecule has 8 nitrogen and oxygen atoms in total. The highest BCUT2D eigenvalue weighted by Gasteiger charge is 2.15. The summed E-state index contributed by atoms with van der Waals surface area (Å²) in [6, 6.07) is 19.2. The number of aliphatic carboxylic acids is 1. The molecule has 0 atom stereocenters. The predicted molar refractivity (Wildman–Crippen MR) is 155 cm³/mol. The Morgan fingerprint density at radius 2 is 1.85 bits per heavy atom. The molecule has 5 rings (SSSR count). The van der Waals surface area contributed by atoms with Crippen LogP contribution in [0.2, 0.25) is 0 Å². The largest absolute Gasteiger partial charge is 0.493 e. The molecule has 3 aromatic heterocycles. The standard InChI is InChI=1S/C30H27N3O5S2/c1-19-24(32-29(38-19)21-6-3-2-4-7-21)13-14-37-23-11-9-20(10-12-27(34)35)22(16-23)17-31-28(36)25-18-40-30(33-25)26-8-5-15-39-26/h2-9,11,15-16,18H,10,12-14,17H2,1H3,(H,31,36)(H,34,35). The Balaban J connectivity index is 1.23. The third-order valence-electron chi connectivity index (χ3n) is 6.22. The van der Waals surface area contributed by atoms with E-state index in [1.54, 1.807) is 16.7 Å². The SMILES string of the molecule is Cc1oc(-c2ccccc2)nc1CCOc1ccc(CCC(=O)O)c(CNC(=O)c2csc(-c3cccs3)n2)c1. The number of rotatable bonds is 12. The zero-order valence-corrected chi connectivity index (χ0v) is 23.4. The number of carboxylic acids is 1. The molecule has 0 spiro atoms. The number of carbonyl (C=O) groups is 2. The van der Waals surface area contributed by atoms with E-state index < -0.39 is 5.97 Å². The van der Waals surface area contributed by atoms with Crippen LogP contribution in [0.4, 0.5) is 0 Å². The van der Waals surface area contributed by atoms with Crippen molar-refractivity contribution in [2.75, 3.05) is 6.61 Å². The van der Waals surface area contributed by atoms with Crippen LogP contribution in [-0.4, -0.2) is 33.6 Å². The number of hydrogen-bond acceptors (Lipinski definition) is 8. The Morgan fingerprint density at radius 3 is 2.62 bits per heavy atom. The van der Waals surface area contributed by atoms with Crippen LogP contribution in [0.25, 0.3) is 21.3 Å². The van der Waals surface area contributed by atoms with Gasteiger partial charge in [-0.25, -0.2) is 9.97 Å². The first-order valence-electron chi connectivity index (χ1n) is 12.7.